The van der Waals surface area contributed by atoms with Gasteiger partial charge in [-0.3, -0.25) is 48.1 Å². The van der Waals surface area contributed by atoms with Crippen LogP contribution in [0.5, 0.6) is 0 Å². The summed E-state index contributed by atoms with van der Waals surface area (Å²) in [4.78, 5) is 147. The van der Waals surface area contributed by atoms with Crippen LogP contribution in [0.25, 0.3) is 0 Å². The van der Waals surface area contributed by atoms with Crippen LogP contribution in [0.15, 0.2) is 61.8 Å². The summed E-state index contributed by atoms with van der Waals surface area (Å²) in [6.45, 7) is 8.65. The van der Waals surface area contributed by atoms with Gasteiger partial charge in [0, 0.05) is 43.4 Å². The van der Waals surface area contributed by atoms with Gasteiger partial charge in [0.1, 0.15) is 53.9 Å². The third kappa shape index (κ3) is 17.3. The molecule has 1 aromatic heterocycles. The fourth-order valence-corrected chi connectivity index (χ4v) is 11.9. The zero-order valence-corrected chi connectivity index (χ0v) is 47.4. The zero-order chi connectivity index (χ0) is 58.3. The number of nitrogens with zero attached hydrogens (tertiary/aromatic N) is 4. The first kappa shape index (κ1) is 62.9. The lowest BCUT2D eigenvalue weighted by Crippen LogP contribution is -2.60. The molecule has 0 radical (unpaired) electrons. The van der Waals surface area contributed by atoms with Gasteiger partial charge in [-0.15, -0.1) is 0 Å². The van der Waals surface area contributed by atoms with Crippen LogP contribution >= 0.6 is 15.9 Å². The molecule has 0 unspecified atom stereocenters. The normalized spacial score (nSPS) is 19.2. The van der Waals surface area contributed by atoms with Crippen molar-refractivity contribution in [1.29, 1.82) is 0 Å². The Labute approximate surface area is 466 Å². The number of H-pyrrole nitrogens is 1. The zero-order valence-electron chi connectivity index (χ0n) is 45.0. The second-order valence-corrected chi connectivity index (χ2v) is 23.3. The molecule has 4 heterocycles. The van der Waals surface area contributed by atoms with Gasteiger partial charge in [-0.2, -0.15) is 0 Å². The third-order valence-electron chi connectivity index (χ3n) is 13.7. The number of nitrogens with one attached hydrogen (secondary N) is 7. The molecule has 0 spiro atoms. The molecule has 12 N–H and O–H groups in total. The first-order chi connectivity index (χ1) is 37.3. The van der Waals surface area contributed by atoms with Gasteiger partial charge >= 0.3 is 5.97 Å². The molecule has 3 fully saturated rings. The highest BCUT2D eigenvalue weighted by Gasteiger charge is 2.46. The predicted molar refractivity (Wildman–Crippen MR) is 292 cm³/mol. The molecule has 3 saturated heterocycles. The number of guanidine groups is 1. The van der Waals surface area contributed by atoms with E-state index < -0.39 is 124 Å². The van der Waals surface area contributed by atoms with Crippen LogP contribution in [-0.4, -0.2) is 173 Å². The minimum absolute atomic E-state index is 0.0210. The SMILES string of the molecule is CC(C)C[C@H](NC(=O)[C@@H]1CCCN1C(=O)[C@@H]1CCCN1C(=O)[C@H](CC(C)C)NC(=O)[C@H](C)NC(=O)[C@H](CCCN=C(N)N)NC(=O)c1ccc[nH]c1=O)C(=O)N1CCC[C@H]1C(=O)N[C@@H](CNS(=O)(=O)c1ccccc1Br)C(=O)O. The Balaban J connectivity index is 1.23. The molecule has 3 aliphatic rings. The van der Waals surface area contributed by atoms with E-state index in [0.29, 0.717) is 19.3 Å². The number of hydrogen-bond donors (Lipinski definition) is 10. The summed E-state index contributed by atoms with van der Waals surface area (Å²) >= 11 is 3.17. The molecule has 1 aromatic carbocycles. The minimum Gasteiger partial charge on any atom is -0.480 e. The van der Waals surface area contributed by atoms with E-state index in [-0.39, 0.29) is 104 Å². The first-order valence-corrected chi connectivity index (χ1v) is 28.7. The molecule has 26 nitrogen and oxygen atoms in total. The highest BCUT2D eigenvalue weighted by atomic mass is 79.9. The Morgan fingerprint density at radius 3 is 1.82 bits per heavy atom. The van der Waals surface area contributed by atoms with Crippen LogP contribution in [0.3, 0.4) is 0 Å². The van der Waals surface area contributed by atoms with Gasteiger partial charge < -0.3 is 62.8 Å². The molecule has 0 saturated carbocycles. The Kier molecular flexibility index (Phi) is 22.9. The molecule has 8 atom stereocenters. The summed E-state index contributed by atoms with van der Waals surface area (Å²) in [5.74, 6) is -7.35. The van der Waals surface area contributed by atoms with Crippen molar-refractivity contribution in [2.45, 2.75) is 152 Å². The fraction of sp³-hybridized carbons (Fsp3) is 0.588. The number of benzene rings is 1. The second kappa shape index (κ2) is 28.8. The van der Waals surface area contributed by atoms with Gasteiger partial charge in [0.05, 0.1) is 4.90 Å². The number of carbonyl (C=O) groups excluding carboxylic acids is 8. The Morgan fingerprint density at radius 1 is 0.709 bits per heavy atom. The van der Waals surface area contributed by atoms with Crippen LogP contribution in [0.4, 0.5) is 0 Å². The highest BCUT2D eigenvalue weighted by molar-refractivity contribution is 9.10. The monoisotopic (exact) mass is 1190 g/mol. The summed E-state index contributed by atoms with van der Waals surface area (Å²) in [6, 6.07) is -0.964. The minimum atomic E-state index is -4.20. The fourth-order valence-electron chi connectivity index (χ4n) is 9.83. The molecule has 0 bridgehead atoms. The summed E-state index contributed by atoms with van der Waals surface area (Å²) in [5, 5.41) is 23.1. The van der Waals surface area contributed by atoms with Gasteiger partial charge in [-0.05, 0) is 123 Å². The number of likely N-dealkylation sites (tertiary alicyclic amines) is 3. The number of carbonyl (C=O) groups is 9. The average Bonchev–Trinajstić information content (AvgIpc) is 4.22. The number of amides is 8. The summed E-state index contributed by atoms with van der Waals surface area (Å²) in [7, 11) is -4.20. The second-order valence-electron chi connectivity index (χ2n) is 20.8. The summed E-state index contributed by atoms with van der Waals surface area (Å²) < 4.78 is 28.5. The lowest BCUT2D eigenvalue weighted by atomic mass is 10.0. The molecule has 28 heteroatoms. The van der Waals surface area contributed by atoms with Gasteiger partial charge in [-0.1, -0.05) is 39.8 Å². The number of nitrogens with two attached hydrogens (primary N) is 2. The molecular weight excluding hydrogens is 1110 g/mol. The number of aliphatic imine (C=N–C) groups is 1. The molecule has 434 valence electrons. The maximum absolute atomic E-state index is 14.5. The number of carboxylic acids is 1. The number of sulfonamides is 1. The standard InChI is InChI=1S/C51H74BrN13O13S/c1-28(2)25-34(60-41(66)30(5)58-44(69)33(15-9-21-56-51(53)54)59-43(68)31-13-8-20-55-42(31)67)48(73)65-24-12-18-39(65)49(74)64-23-11-17-38(64)45(70)61-35(26-29(3)4)47(72)63-22-10-16-37(63)46(71)62-36(50(75)76)27-57-79(77,78)40-19-7-6-14-32(40)52/h6-8,13-14,19-20,28-30,33-39,57H,9-12,15-18,21-27H2,1-5H3,(H,55,67)(H,58,69)(H,59,68)(H,60,66)(H,61,70)(H,62,71)(H,75,76)(H4,53,54,56)/t30-,33-,34-,35-,36-,37-,38-,39-/m0/s1. The number of aromatic nitrogens is 1. The van der Waals surface area contributed by atoms with Crippen molar-refractivity contribution >= 4 is 85.1 Å². The highest BCUT2D eigenvalue weighted by Crippen LogP contribution is 2.28. The molecule has 0 aliphatic carbocycles. The van der Waals surface area contributed by atoms with Gasteiger partial charge in [0.25, 0.3) is 11.5 Å². The maximum atomic E-state index is 14.5. The van der Waals surface area contributed by atoms with Crippen molar-refractivity contribution in [1.82, 2.24) is 51.0 Å². The first-order valence-electron chi connectivity index (χ1n) is 26.4. The van der Waals surface area contributed by atoms with Crippen molar-refractivity contribution in [3.8, 4) is 0 Å². The van der Waals surface area contributed by atoms with E-state index in [4.69, 9.17) is 11.5 Å². The lowest BCUT2D eigenvalue weighted by Gasteiger charge is -2.34. The number of halogens is 1. The number of carboxylic acid groups (broad SMARTS) is 1. The largest absolute Gasteiger partial charge is 0.480 e. The molecule has 2 aromatic rings. The van der Waals surface area contributed by atoms with Crippen LogP contribution in [-0.2, 0) is 48.4 Å². The number of aliphatic carboxylic acids is 1. The molecule has 3 aliphatic heterocycles. The van der Waals surface area contributed by atoms with Gasteiger partial charge in [0.2, 0.25) is 51.4 Å². The van der Waals surface area contributed by atoms with Crippen LogP contribution in [0.2, 0.25) is 0 Å². The van der Waals surface area contributed by atoms with Crippen LogP contribution < -0.4 is 48.3 Å². The number of rotatable bonds is 26. The average molecular weight is 1190 g/mol. The Bertz CT molecular complexity index is 2770. The Morgan fingerprint density at radius 2 is 1.25 bits per heavy atom. The van der Waals surface area contributed by atoms with Crippen molar-refractivity contribution < 1.29 is 56.7 Å². The molecular formula is C51H74BrN13O13S. The number of pyridine rings is 1. The maximum Gasteiger partial charge on any atom is 0.327 e. The van der Waals surface area contributed by atoms with E-state index in [2.05, 4.69) is 57.2 Å². The van der Waals surface area contributed by atoms with E-state index >= 15 is 0 Å². The van der Waals surface area contributed by atoms with E-state index in [0.717, 1.165) is 0 Å². The van der Waals surface area contributed by atoms with Gasteiger partial charge in [-0.25, -0.2) is 17.9 Å². The third-order valence-corrected chi connectivity index (χ3v) is 16.2. The molecule has 79 heavy (non-hydrogen) atoms. The summed E-state index contributed by atoms with van der Waals surface area (Å²) in [6.07, 6.45) is 3.84. The lowest BCUT2D eigenvalue weighted by molar-refractivity contribution is -0.149. The predicted octanol–water partition coefficient (Wildman–Crippen LogP) is -0.623. The van der Waals surface area contributed by atoms with E-state index in [1.165, 1.54) is 58.2 Å². The van der Waals surface area contributed by atoms with E-state index in [1.54, 1.807) is 6.07 Å². The topological polar surface area (TPSA) is 387 Å². The summed E-state index contributed by atoms with van der Waals surface area (Å²) in [5.41, 5.74) is 9.94. The van der Waals surface area contributed by atoms with Crippen molar-refractivity contribution in [3.63, 3.8) is 0 Å². The van der Waals surface area contributed by atoms with Crippen molar-refractivity contribution in [3.05, 3.63) is 63.0 Å². The van der Waals surface area contributed by atoms with E-state index in [1.807, 2.05) is 27.7 Å². The van der Waals surface area contributed by atoms with Crippen molar-refractivity contribution in [2.75, 3.05) is 32.7 Å². The van der Waals surface area contributed by atoms with Gasteiger partial charge in [0.15, 0.2) is 5.96 Å². The molecule has 8 amide bonds. The smallest absolute Gasteiger partial charge is 0.327 e. The van der Waals surface area contributed by atoms with Crippen molar-refractivity contribution in [2.24, 2.45) is 28.3 Å². The van der Waals surface area contributed by atoms with Crippen LogP contribution in [0.1, 0.15) is 109 Å². The van der Waals surface area contributed by atoms with E-state index in [9.17, 15) is 61.5 Å². The number of aromatic amines is 1. The Hall–Kier alpha value is -6.94. The quantitative estimate of drug-likeness (QED) is 0.0319. The molecule has 5 rings (SSSR count). The number of hydrogen-bond acceptors (Lipinski definition) is 13. The van der Waals surface area contributed by atoms with Crippen LogP contribution in [0, 0.1) is 11.8 Å².